The lowest BCUT2D eigenvalue weighted by molar-refractivity contribution is -0.143. The van der Waals surface area contributed by atoms with Gasteiger partial charge in [-0.3, -0.25) is 4.79 Å². The van der Waals surface area contributed by atoms with Gasteiger partial charge in [-0.15, -0.1) is 46.1 Å². The van der Waals surface area contributed by atoms with E-state index < -0.39 is 9.06 Å². The van der Waals surface area contributed by atoms with Crippen molar-refractivity contribution < 1.29 is 9.53 Å². The van der Waals surface area contributed by atoms with Gasteiger partial charge in [0.2, 0.25) is 0 Å². The Balaban J connectivity index is 1.87. The maximum atomic E-state index is 11.6. The average molecular weight is 551 g/mol. The number of benzene rings is 2. The molecular weight excluding hydrogens is 517 g/mol. The highest BCUT2D eigenvalue weighted by molar-refractivity contribution is 8.94. The molecule has 0 bridgehead atoms. The van der Waals surface area contributed by atoms with Crippen molar-refractivity contribution in [2.75, 3.05) is 43.6 Å². The molecular formula is C27H34O2S5. The highest BCUT2D eigenvalue weighted by Gasteiger charge is 2.42. The van der Waals surface area contributed by atoms with E-state index >= 15 is 0 Å². The molecule has 1 heterocycles. The molecule has 0 saturated carbocycles. The van der Waals surface area contributed by atoms with Crippen LogP contribution in [0.4, 0.5) is 0 Å². The standard InChI is InChI=1S/C27H34O2S5/c1-7-29-26(28)15-13-21-10-8-20(9-11-21)12-14-22-17-25-23(16-24(22)30-2)18-27(31-3,32-4)19-34(25,6)33-5/h8-11,16-17H,7,13,15,18-19H2,1-6H3. The second-order valence-corrected chi connectivity index (χ2v) is 18.0. The number of hydrogen-bond acceptors (Lipinski definition) is 6. The molecule has 0 radical (unpaired) electrons. The lowest BCUT2D eigenvalue weighted by Gasteiger charge is -2.48. The Hall–Kier alpha value is -0.780. The van der Waals surface area contributed by atoms with E-state index in [0.717, 1.165) is 23.1 Å². The smallest absolute Gasteiger partial charge is 0.306 e. The third kappa shape index (κ3) is 6.50. The van der Waals surface area contributed by atoms with E-state index in [0.29, 0.717) is 19.4 Å². The number of aryl methyl sites for hydroxylation is 1. The summed E-state index contributed by atoms with van der Waals surface area (Å²) in [6, 6.07) is 13.0. The quantitative estimate of drug-likeness (QED) is 0.112. The van der Waals surface area contributed by atoms with Gasteiger partial charge in [0, 0.05) is 33.1 Å². The second kappa shape index (κ2) is 12.5. The third-order valence-corrected chi connectivity index (χ3v) is 16.5. The lowest BCUT2D eigenvalue weighted by atomic mass is 10.1. The van der Waals surface area contributed by atoms with Crippen LogP contribution in [-0.4, -0.2) is 53.7 Å². The molecule has 7 heteroatoms. The third-order valence-electron chi connectivity index (χ3n) is 6.13. The summed E-state index contributed by atoms with van der Waals surface area (Å²) in [4.78, 5) is 14.4. The molecule has 2 aromatic carbocycles. The number of fused-ring (bicyclic) bond motifs is 1. The van der Waals surface area contributed by atoms with Gasteiger partial charge >= 0.3 is 5.97 Å². The summed E-state index contributed by atoms with van der Waals surface area (Å²) in [7, 11) is 1.08. The number of ether oxygens (including phenoxy) is 1. The molecule has 184 valence electrons. The minimum Gasteiger partial charge on any atom is -0.466 e. The van der Waals surface area contributed by atoms with E-state index in [1.165, 1.54) is 21.1 Å². The minimum atomic E-state index is -0.963. The van der Waals surface area contributed by atoms with Crippen molar-refractivity contribution in [2.45, 2.75) is 40.1 Å². The molecule has 0 amide bonds. The number of thioether (sulfide) groups is 3. The van der Waals surface area contributed by atoms with Gasteiger partial charge in [-0.2, -0.15) is 9.06 Å². The lowest BCUT2D eigenvalue weighted by Crippen LogP contribution is -2.34. The zero-order valence-corrected chi connectivity index (χ0v) is 24.9. The molecule has 0 N–H and O–H groups in total. The highest BCUT2D eigenvalue weighted by atomic mass is 33.2. The van der Waals surface area contributed by atoms with Crippen LogP contribution in [0.15, 0.2) is 46.2 Å². The van der Waals surface area contributed by atoms with Crippen molar-refractivity contribution in [2.24, 2.45) is 0 Å². The molecule has 0 fully saturated rings. The summed E-state index contributed by atoms with van der Waals surface area (Å²) in [5.41, 5.74) is 4.75. The first-order chi connectivity index (χ1) is 16.3. The monoisotopic (exact) mass is 550 g/mol. The number of esters is 1. The fourth-order valence-electron chi connectivity index (χ4n) is 4.12. The van der Waals surface area contributed by atoms with E-state index in [1.807, 2.05) is 53.4 Å². The largest absolute Gasteiger partial charge is 0.466 e. The molecule has 34 heavy (non-hydrogen) atoms. The summed E-state index contributed by atoms with van der Waals surface area (Å²) in [5.74, 6) is 7.94. The van der Waals surface area contributed by atoms with Crippen molar-refractivity contribution in [1.82, 2.24) is 0 Å². The Labute approximate surface area is 223 Å². The fraction of sp³-hybridized carbons (Fsp3) is 0.444. The van der Waals surface area contributed by atoms with Crippen LogP contribution in [0.1, 0.15) is 35.6 Å². The van der Waals surface area contributed by atoms with E-state index in [-0.39, 0.29) is 10.0 Å². The van der Waals surface area contributed by atoms with Gasteiger partial charge in [0.25, 0.3) is 0 Å². The Bertz CT molecular complexity index is 1070. The first-order valence-electron chi connectivity index (χ1n) is 11.2. The van der Waals surface area contributed by atoms with Gasteiger partial charge in [0.1, 0.15) is 0 Å². The summed E-state index contributed by atoms with van der Waals surface area (Å²) in [5, 5.41) is 0. The second-order valence-electron chi connectivity index (χ2n) is 8.22. The first-order valence-corrected chi connectivity index (χ1v) is 18.8. The molecule has 1 aliphatic heterocycles. The Morgan fingerprint density at radius 2 is 1.79 bits per heavy atom. The Morgan fingerprint density at radius 3 is 2.38 bits per heavy atom. The molecule has 1 unspecified atom stereocenters. The zero-order valence-electron chi connectivity index (χ0n) is 20.9. The summed E-state index contributed by atoms with van der Waals surface area (Å²) < 4.78 is 5.28. The maximum absolute atomic E-state index is 11.6. The summed E-state index contributed by atoms with van der Waals surface area (Å²) >= 11 is 5.82. The fourth-order valence-corrected chi connectivity index (χ4v) is 13.2. The molecule has 0 saturated heterocycles. The maximum Gasteiger partial charge on any atom is 0.306 e. The molecule has 1 atom stereocenters. The molecule has 2 nitrogen and oxygen atoms in total. The molecule has 3 rings (SSSR count). The van der Waals surface area contributed by atoms with Crippen LogP contribution in [-0.2, 0) is 22.4 Å². The first kappa shape index (κ1) is 27.8. The van der Waals surface area contributed by atoms with Gasteiger partial charge < -0.3 is 4.74 Å². The van der Waals surface area contributed by atoms with Gasteiger partial charge in [-0.25, -0.2) is 0 Å². The van der Waals surface area contributed by atoms with Crippen LogP contribution in [0, 0.1) is 11.8 Å². The van der Waals surface area contributed by atoms with Crippen LogP contribution in [0.5, 0.6) is 0 Å². The zero-order chi connectivity index (χ0) is 24.8. The van der Waals surface area contributed by atoms with Crippen LogP contribution < -0.4 is 0 Å². The highest BCUT2D eigenvalue weighted by Crippen LogP contribution is 2.70. The van der Waals surface area contributed by atoms with Crippen molar-refractivity contribution >= 4 is 61.1 Å². The van der Waals surface area contributed by atoms with E-state index in [1.54, 1.807) is 11.8 Å². The van der Waals surface area contributed by atoms with E-state index in [2.05, 4.69) is 67.4 Å². The number of hydrogen-bond donors (Lipinski definition) is 0. The topological polar surface area (TPSA) is 26.3 Å². The van der Waals surface area contributed by atoms with Crippen LogP contribution in [0.3, 0.4) is 0 Å². The van der Waals surface area contributed by atoms with Crippen LogP contribution >= 0.6 is 55.1 Å². The number of carbonyl (C=O) groups excluding carboxylic acids is 1. The molecule has 1 aliphatic rings. The molecule has 0 aliphatic carbocycles. The van der Waals surface area contributed by atoms with Gasteiger partial charge in [0.05, 0.1) is 10.7 Å². The molecule has 2 aromatic rings. The van der Waals surface area contributed by atoms with Crippen LogP contribution in [0.2, 0.25) is 0 Å². The van der Waals surface area contributed by atoms with Crippen LogP contribution in [0.25, 0.3) is 0 Å². The average Bonchev–Trinajstić information content (AvgIpc) is 2.86. The molecule has 0 aromatic heterocycles. The summed E-state index contributed by atoms with van der Waals surface area (Å²) in [6.45, 7) is 2.27. The predicted octanol–water partition coefficient (Wildman–Crippen LogP) is 7.35. The van der Waals surface area contributed by atoms with Crippen molar-refractivity contribution in [3.05, 3.63) is 58.7 Å². The van der Waals surface area contributed by atoms with Gasteiger partial charge in [0.15, 0.2) is 0 Å². The number of carbonyl (C=O) groups is 1. The normalized spacial score (nSPS) is 20.4. The molecule has 0 spiro atoms. The Kier molecular flexibility index (Phi) is 10.2. The van der Waals surface area contributed by atoms with E-state index in [9.17, 15) is 4.79 Å². The van der Waals surface area contributed by atoms with Gasteiger partial charge in [-0.05, 0) is 86.4 Å². The predicted molar refractivity (Wildman–Crippen MR) is 159 cm³/mol. The number of rotatable bonds is 8. The SMILES string of the molecule is CCOC(=O)CCc1ccc(C#Cc2cc3c(cc2SC)CC(SC)(SC)CS3(C)SC)cc1. The van der Waals surface area contributed by atoms with Crippen molar-refractivity contribution in [3.8, 4) is 11.8 Å². The summed E-state index contributed by atoms with van der Waals surface area (Å²) in [6.07, 6.45) is 13.6. The minimum absolute atomic E-state index is 0.143. The van der Waals surface area contributed by atoms with Crippen molar-refractivity contribution in [1.29, 1.82) is 0 Å². The van der Waals surface area contributed by atoms with Crippen molar-refractivity contribution in [3.63, 3.8) is 0 Å². The van der Waals surface area contributed by atoms with E-state index in [4.69, 9.17) is 4.74 Å². The van der Waals surface area contributed by atoms with Gasteiger partial charge in [-0.1, -0.05) is 24.0 Å². The Morgan fingerprint density at radius 1 is 1.09 bits per heavy atom.